The van der Waals surface area contributed by atoms with Gasteiger partial charge < -0.3 is 39.4 Å². The molecule has 0 amide bonds. The van der Waals surface area contributed by atoms with Crippen molar-refractivity contribution in [3.05, 3.63) is 64.2 Å². The van der Waals surface area contributed by atoms with Gasteiger partial charge in [0, 0.05) is 10.6 Å². The van der Waals surface area contributed by atoms with Crippen LogP contribution in [0.3, 0.4) is 0 Å². The molecule has 2 bridgehead atoms. The average molecular weight is 493 g/mol. The summed E-state index contributed by atoms with van der Waals surface area (Å²) >= 11 is 6.46. The number of halogens is 1. The first kappa shape index (κ1) is 24.0. The van der Waals surface area contributed by atoms with Gasteiger partial charge in [0.1, 0.15) is 36.3 Å². The molecule has 2 aromatic carbocycles. The van der Waals surface area contributed by atoms with Crippen molar-refractivity contribution in [2.45, 2.75) is 55.1 Å². The second-order valence-electron chi connectivity index (χ2n) is 9.21. The number of benzene rings is 2. The van der Waals surface area contributed by atoms with E-state index in [0.29, 0.717) is 36.3 Å². The van der Waals surface area contributed by atoms with Gasteiger partial charge in [0.25, 0.3) is 0 Å². The Morgan fingerprint density at radius 2 is 1.76 bits per heavy atom. The molecular formula is C25H29ClO8. The molecule has 1 saturated carbocycles. The van der Waals surface area contributed by atoms with Crippen molar-refractivity contribution in [3.8, 4) is 5.75 Å². The summed E-state index contributed by atoms with van der Waals surface area (Å²) in [6, 6.07) is 12.8. The quantitative estimate of drug-likeness (QED) is 0.389. The van der Waals surface area contributed by atoms with Crippen LogP contribution in [0.25, 0.3) is 0 Å². The molecule has 0 unspecified atom stereocenters. The van der Waals surface area contributed by atoms with Crippen molar-refractivity contribution < 1.29 is 39.4 Å². The minimum atomic E-state index is -1.72. The van der Waals surface area contributed by atoms with Crippen LogP contribution in [-0.2, 0) is 26.4 Å². The van der Waals surface area contributed by atoms with Crippen LogP contribution in [0.1, 0.15) is 29.5 Å². The Morgan fingerprint density at radius 1 is 1.00 bits per heavy atom. The van der Waals surface area contributed by atoms with Crippen LogP contribution in [0.2, 0.25) is 5.02 Å². The van der Waals surface area contributed by atoms with Gasteiger partial charge >= 0.3 is 0 Å². The van der Waals surface area contributed by atoms with E-state index in [1.54, 1.807) is 18.2 Å². The standard InChI is InChI=1S/C25H29ClO8/c26-20-8-3-17(25-23(30)21(28)22(29)24(13-27,34-25)14-33-25)12-16(20)11-15-1-4-18(5-2-15)31-9-10-32-19-6-7-19/h1-5,8,12,19,21-23,27-30H,6-7,9-11,13-14H2/t21-,22-,23+,24-,25+/m0/s1. The monoisotopic (exact) mass is 492 g/mol. The molecule has 2 aromatic rings. The van der Waals surface area contributed by atoms with Crippen LogP contribution in [-0.4, -0.2) is 76.9 Å². The summed E-state index contributed by atoms with van der Waals surface area (Å²) in [6.07, 6.45) is -1.41. The third-order valence-corrected chi connectivity index (χ3v) is 7.09. The Balaban J connectivity index is 1.31. The lowest BCUT2D eigenvalue weighted by Crippen LogP contribution is -2.65. The van der Waals surface area contributed by atoms with Gasteiger partial charge in [-0.25, -0.2) is 0 Å². The van der Waals surface area contributed by atoms with E-state index in [1.165, 1.54) is 0 Å². The number of fused-ring (bicyclic) bond motifs is 2. The van der Waals surface area contributed by atoms with Gasteiger partial charge in [0.05, 0.1) is 25.9 Å². The average Bonchev–Trinajstić information content (AvgIpc) is 3.60. The Kier molecular flexibility index (Phi) is 6.60. The fourth-order valence-corrected chi connectivity index (χ4v) is 4.72. The van der Waals surface area contributed by atoms with Gasteiger partial charge in [-0.05, 0) is 54.7 Å². The molecule has 8 nitrogen and oxygen atoms in total. The molecule has 9 heteroatoms. The second kappa shape index (κ2) is 9.37. The lowest BCUT2D eigenvalue weighted by molar-refractivity contribution is -0.329. The van der Waals surface area contributed by atoms with E-state index in [9.17, 15) is 20.4 Å². The van der Waals surface area contributed by atoms with Crippen LogP contribution in [0.5, 0.6) is 5.75 Å². The maximum absolute atomic E-state index is 10.8. The molecule has 2 heterocycles. The van der Waals surface area contributed by atoms with Crippen molar-refractivity contribution in [3.63, 3.8) is 0 Å². The van der Waals surface area contributed by atoms with Crippen molar-refractivity contribution in [1.82, 2.24) is 0 Å². The fraction of sp³-hybridized carbons (Fsp3) is 0.520. The summed E-state index contributed by atoms with van der Waals surface area (Å²) < 4.78 is 23.0. The Hall–Kier alpha value is -1.75. The molecule has 2 aliphatic heterocycles. The molecule has 184 valence electrons. The highest BCUT2D eigenvalue weighted by atomic mass is 35.5. The van der Waals surface area contributed by atoms with Crippen molar-refractivity contribution in [2.75, 3.05) is 26.4 Å². The number of ether oxygens (including phenoxy) is 4. The molecule has 3 aliphatic rings. The van der Waals surface area contributed by atoms with Crippen molar-refractivity contribution in [2.24, 2.45) is 0 Å². The molecule has 1 aliphatic carbocycles. The van der Waals surface area contributed by atoms with Crippen molar-refractivity contribution in [1.29, 1.82) is 0 Å². The maximum atomic E-state index is 10.8. The third-order valence-electron chi connectivity index (χ3n) is 6.72. The minimum absolute atomic E-state index is 0.177. The molecule has 0 spiro atoms. The fourth-order valence-electron chi connectivity index (χ4n) is 4.53. The van der Waals surface area contributed by atoms with Gasteiger partial charge in [0.2, 0.25) is 5.79 Å². The van der Waals surface area contributed by atoms with Crippen LogP contribution in [0, 0.1) is 0 Å². The summed E-state index contributed by atoms with van der Waals surface area (Å²) in [5.74, 6) is -0.964. The molecule has 0 radical (unpaired) electrons. The molecule has 5 atom stereocenters. The molecule has 5 rings (SSSR count). The molecule has 4 N–H and O–H groups in total. The van der Waals surface area contributed by atoms with Gasteiger partial charge in [-0.1, -0.05) is 29.8 Å². The van der Waals surface area contributed by atoms with Gasteiger partial charge in [0.15, 0.2) is 0 Å². The van der Waals surface area contributed by atoms with E-state index in [1.807, 2.05) is 24.3 Å². The van der Waals surface area contributed by atoms with Gasteiger partial charge in [-0.2, -0.15) is 0 Å². The summed E-state index contributed by atoms with van der Waals surface area (Å²) in [6.45, 7) is 0.338. The van der Waals surface area contributed by atoms with Crippen LogP contribution in [0.4, 0.5) is 0 Å². The predicted molar refractivity (Wildman–Crippen MR) is 122 cm³/mol. The molecular weight excluding hydrogens is 464 g/mol. The molecule has 2 saturated heterocycles. The first-order chi connectivity index (χ1) is 16.4. The summed E-state index contributed by atoms with van der Waals surface area (Å²) in [4.78, 5) is 0. The van der Waals surface area contributed by atoms with Crippen LogP contribution >= 0.6 is 11.6 Å². The zero-order chi connectivity index (χ0) is 23.9. The lowest BCUT2D eigenvalue weighted by Gasteiger charge is -2.46. The summed E-state index contributed by atoms with van der Waals surface area (Å²) in [5.41, 5.74) is 0.686. The van der Waals surface area contributed by atoms with Gasteiger partial charge in [-0.3, -0.25) is 0 Å². The summed E-state index contributed by atoms with van der Waals surface area (Å²) in [7, 11) is 0. The number of aliphatic hydroxyl groups is 4. The van der Waals surface area contributed by atoms with E-state index < -0.39 is 36.3 Å². The summed E-state index contributed by atoms with van der Waals surface area (Å²) in [5, 5.41) is 41.9. The van der Waals surface area contributed by atoms with E-state index in [2.05, 4.69) is 0 Å². The normalized spacial score (nSPS) is 32.7. The molecule has 34 heavy (non-hydrogen) atoms. The van der Waals surface area contributed by atoms with E-state index in [0.717, 1.165) is 29.7 Å². The highest BCUT2D eigenvalue weighted by Gasteiger charge is 2.67. The number of rotatable bonds is 9. The van der Waals surface area contributed by atoms with E-state index >= 15 is 0 Å². The second-order valence-corrected chi connectivity index (χ2v) is 9.61. The Morgan fingerprint density at radius 3 is 2.47 bits per heavy atom. The number of aliphatic hydroxyl groups excluding tert-OH is 4. The Labute approximate surface area is 202 Å². The van der Waals surface area contributed by atoms with Gasteiger partial charge in [-0.15, -0.1) is 0 Å². The van der Waals surface area contributed by atoms with Crippen molar-refractivity contribution >= 4 is 11.6 Å². The highest BCUT2D eigenvalue weighted by molar-refractivity contribution is 6.31. The van der Waals surface area contributed by atoms with E-state index in [-0.39, 0.29) is 6.61 Å². The lowest BCUT2D eigenvalue weighted by atomic mass is 9.83. The topological polar surface area (TPSA) is 118 Å². The first-order valence-corrected chi connectivity index (χ1v) is 11.9. The number of hydrogen-bond acceptors (Lipinski definition) is 8. The van der Waals surface area contributed by atoms with Crippen LogP contribution in [0.15, 0.2) is 42.5 Å². The smallest absolute Gasteiger partial charge is 0.225 e. The zero-order valence-electron chi connectivity index (χ0n) is 18.6. The maximum Gasteiger partial charge on any atom is 0.225 e. The third kappa shape index (κ3) is 4.34. The Bertz CT molecular complexity index is 1010. The SMILES string of the molecule is OC[C@@]12CO[C@](c3ccc(Cl)c(Cc4ccc(OCCOC5CC5)cc4)c3)(O1)[C@H](O)[C@@H](O)[C@@H]2O. The number of hydrogen-bond donors (Lipinski definition) is 4. The first-order valence-electron chi connectivity index (χ1n) is 11.5. The predicted octanol–water partition coefficient (Wildman–Crippen LogP) is 1.52. The zero-order valence-corrected chi connectivity index (χ0v) is 19.4. The largest absolute Gasteiger partial charge is 0.491 e. The van der Waals surface area contributed by atoms with Crippen LogP contribution < -0.4 is 4.74 Å². The van der Waals surface area contributed by atoms with E-state index in [4.69, 9.17) is 30.5 Å². The minimum Gasteiger partial charge on any atom is -0.491 e. The molecule has 3 fully saturated rings. The molecule has 0 aromatic heterocycles. The highest BCUT2D eigenvalue weighted by Crippen LogP contribution is 2.49.